The van der Waals surface area contributed by atoms with Gasteiger partial charge >= 0.3 is 0 Å². The largest absolute Gasteiger partial charge is 0.488 e. The molecule has 23 heavy (non-hydrogen) atoms. The minimum absolute atomic E-state index is 0.116. The molecule has 0 aliphatic carbocycles. The van der Waals surface area contributed by atoms with Crippen molar-refractivity contribution in [3.05, 3.63) is 29.8 Å². The van der Waals surface area contributed by atoms with Crippen LogP contribution in [0.25, 0.3) is 0 Å². The van der Waals surface area contributed by atoms with E-state index in [-0.39, 0.29) is 17.9 Å². The maximum absolute atomic E-state index is 12.3. The number of nitrogens with one attached hydrogen (secondary N) is 2. The van der Waals surface area contributed by atoms with Gasteiger partial charge in [-0.25, -0.2) is 13.1 Å². The second-order valence-corrected chi connectivity index (χ2v) is 8.15. The fraction of sp³-hybridized carbons (Fsp3) is 0.562. The summed E-state index contributed by atoms with van der Waals surface area (Å²) in [6.07, 6.45) is 2.13. The Kier molecular flexibility index (Phi) is 5.64. The maximum atomic E-state index is 12.3. The predicted octanol–water partition coefficient (Wildman–Crippen LogP) is 1.07. The average Bonchev–Trinajstić information content (AvgIpc) is 2.84. The van der Waals surface area contributed by atoms with Gasteiger partial charge in [0.25, 0.3) is 0 Å². The smallest absolute Gasteiger partial charge is 0.238 e. The molecular formula is C16H24N2O4S. The Morgan fingerprint density at radius 2 is 2.04 bits per heavy atom. The molecule has 1 aliphatic rings. The van der Waals surface area contributed by atoms with Crippen LogP contribution in [0.3, 0.4) is 0 Å². The highest BCUT2D eigenvalue weighted by Gasteiger charge is 2.26. The van der Waals surface area contributed by atoms with Gasteiger partial charge in [0.1, 0.15) is 17.9 Å². The number of hydrogen-bond donors (Lipinski definition) is 2. The van der Waals surface area contributed by atoms with Crippen molar-refractivity contribution in [2.75, 3.05) is 12.8 Å². The molecule has 1 amide bonds. The molecule has 0 bridgehead atoms. The average molecular weight is 340 g/mol. The number of carbonyl (C=O) groups excluding carboxylic acids is 1. The molecule has 7 heteroatoms. The van der Waals surface area contributed by atoms with E-state index in [2.05, 4.69) is 10.0 Å². The highest BCUT2D eigenvalue weighted by atomic mass is 32.2. The lowest BCUT2D eigenvalue weighted by Gasteiger charge is -2.20. The molecule has 0 radical (unpaired) electrons. The molecule has 1 aromatic rings. The van der Waals surface area contributed by atoms with Crippen LogP contribution in [-0.4, -0.2) is 39.3 Å². The third-order valence-corrected chi connectivity index (χ3v) is 4.31. The minimum Gasteiger partial charge on any atom is -0.488 e. The summed E-state index contributed by atoms with van der Waals surface area (Å²) in [5.74, 6) is 0.732. The van der Waals surface area contributed by atoms with Gasteiger partial charge in [-0.2, -0.15) is 0 Å². The Labute approximate surface area is 137 Å². The minimum atomic E-state index is -3.44. The Hall–Kier alpha value is -1.60. The number of carbonyl (C=O) groups is 1. The molecular weight excluding hydrogens is 316 g/mol. The van der Waals surface area contributed by atoms with Crippen LogP contribution in [0.1, 0.15) is 25.8 Å². The van der Waals surface area contributed by atoms with Crippen molar-refractivity contribution in [3.63, 3.8) is 0 Å². The van der Waals surface area contributed by atoms with Gasteiger partial charge in [0, 0.05) is 6.42 Å². The maximum Gasteiger partial charge on any atom is 0.238 e. The van der Waals surface area contributed by atoms with Crippen molar-refractivity contribution < 1.29 is 17.9 Å². The standard InChI is InChI=1S/C16H24N2O4S/c1-11(2)8-14(18-23(3,20)21)16(19)17-10-13-9-12-6-4-5-7-15(12)22-13/h4-7,11,13-14,18H,8-10H2,1-3H3,(H,17,19)/t13-,14-/m1/s1. The zero-order valence-electron chi connectivity index (χ0n) is 13.7. The van der Waals surface area contributed by atoms with E-state index in [1.807, 2.05) is 38.1 Å². The van der Waals surface area contributed by atoms with Crippen LogP contribution in [0.5, 0.6) is 5.75 Å². The molecule has 0 unspecified atom stereocenters. The first-order chi connectivity index (χ1) is 10.7. The summed E-state index contributed by atoms with van der Waals surface area (Å²) in [6.45, 7) is 4.25. The van der Waals surface area contributed by atoms with Crippen molar-refractivity contribution in [2.45, 2.75) is 38.8 Å². The van der Waals surface area contributed by atoms with Gasteiger partial charge in [-0.05, 0) is 24.0 Å². The van der Waals surface area contributed by atoms with E-state index in [9.17, 15) is 13.2 Å². The van der Waals surface area contributed by atoms with E-state index < -0.39 is 16.1 Å². The number of rotatable bonds is 7. The van der Waals surface area contributed by atoms with E-state index in [1.165, 1.54) is 0 Å². The predicted molar refractivity (Wildman–Crippen MR) is 88.8 cm³/mol. The number of para-hydroxylation sites is 1. The molecule has 0 saturated carbocycles. The topological polar surface area (TPSA) is 84.5 Å². The van der Waals surface area contributed by atoms with E-state index in [0.29, 0.717) is 13.0 Å². The first-order valence-electron chi connectivity index (χ1n) is 7.74. The molecule has 0 spiro atoms. The molecule has 2 rings (SSSR count). The van der Waals surface area contributed by atoms with Gasteiger partial charge in [-0.3, -0.25) is 4.79 Å². The van der Waals surface area contributed by atoms with Crippen LogP contribution in [-0.2, 0) is 21.2 Å². The summed E-state index contributed by atoms with van der Waals surface area (Å²) in [7, 11) is -3.44. The van der Waals surface area contributed by atoms with Crippen molar-refractivity contribution in [1.82, 2.24) is 10.0 Å². The number of sulfonamides is 1. The lowest BCUT2D eigenvalue weighted by molar-refractivity contribution is -0.123. The summed E-state index contributed by atoms with van der Waals surface area (Å²) in [5.41, 5.74) is 1.12. The third kappa shape index (κ3) is 5.51. The number of hydrogen-bond acceptors (Lipinski definition) is 4. The van der Waals surface area contributed by atoms with Crippen molar-refractivity contribution in [3.8, 4) is 5.75 Å². The fourth-order valence-electron chi connectivity index (χ4n) is 2.64. The summed E-state index contributed by atoms with van der Waals surface area (Å²) < 4.78 is 31.0. The molecule has 1 aliphatic heterocycles. The Morgan fingerprint density at radius 1 is 1.35 bits per heavy atom. The normalized spacial score (nSPS) is 18.3. The molecule has 0 saturated heterocycles. The van der Waals surface area contributed by atoms with Gasteiger partial charge in [0.05, 0.1) is 12.8 Å². The van der Waals surface area contributed by atoms with Gasteiger partial charge in [-0.1, -0.05) is 32.0 Å². The zero-order valence-corrected chi connectivity index (χ0v) is 14.5. The lowest BCUT2D eigenvalue weighted by atomic mass is 10.0. The van der Waals surface area contributed by atoms with Gasteiger partial charge in [0.15, 0.2) is 0 Å². The van der Waals surface area contributed by atoms with Crippen LogP contribution in [0.2, 0.25) is 0 Å². The first kappa shape index (κ1) is 17.7. The molecule has 2 atom stereocenters. The van der Waals surface area contributed by atoms with E-state index >= 15 is 0 Å². The second kappa shape index (κ2) is 7.31. The molecule has 1 heterocycles. The van der Waals surface area contributed by atoms with Gasteiger partial charge in [0.2, 0.25) is 15.9 Å². The Morgan fingerprint density at radius 3 is 2.65 bits per heavy atom. The molecule has 2 N–H and O–H groups in total. The number of ether oxygens (including phenoxy) is 1. The van der Waals surface area contributed by atoms with Gasteiger partial charge < -0.3 is 10.1 Å². The first-order valence-corrected chi connectivity index (χ1v) is 9.63. The van der Waals surface area contributed by atoms with E-state index in [0.717, 1.165) is 24.0 Å². The molecule has 1 aromatic carbocycles. The highest BCUT2D eigenvalue weighted by Crippen LogP contribution is 2.27. The molecule has 6 nitrogen and oxygen atoms in total. The van der Waals surface area contributed by atoms with Crippen LogP contribution in [0, 0.1) is 5.92 Å². The zero-order chi connectivity index (χ0) is 17.0. The third-order valence-electron chi connectivity index (χ3n) is 3.60. The highest BCUT2D eigenvalue weighted by molar-refractivity contribution is 7.88. The Bertz CT molecular complexity index is 633. The van der Waals surface area contributed by atoms with Crippen molar-refractivity contribution >= 4 is 15.9 Å². The number of amides is 1. The fourth-order valence-corrected chi connectivity index (χ4v) is 3.36. The Balaban J connectivity index is 1.89. The number of fused-ring (bicyclic) bond motifs is 1. The van der Waals surface area contributed by atoms with Crippen LogP contribution >= 0.6 is 0 Å². The summed E-state index contributed by atoms with van der Waals surface area (Å²) in [4.78, 5) is 12.3. The summed E-state index contributed by atoms with van der Waals surface area (Å²) in [6, 6.07) is 7.02. The molecule has 0 fully saturated rings. The van der Waals surface area contributed by atoms with Gasteiger partial charge in [-0.15, -0.1) is 0 Å². The van der Waals surface area contributed by atoms with Crippen molar-refractivity contribution in [2.24, 2.45) is 5.92 Å². The number of benzene rings is 1. The quantitative estimate of drug-likeness (QED) is 0.778. The van der Waals surface area contributed by atoms with Crippen LogP contribution < -0.4 is 14.8 Å². The molecule has 0 aromatic heterocycles. The van der Waals surface area contributed by atoms with E-state index in [1.54, 1.807) is 0 Å². The van der Waals surface area contributed by atoms with Crippen LogP contribution in [0.15, 0.2) is 24.3 Å². The van der Waals surface area contributed by atoms with Crippen LogP contribution in [0.4, 0.5) is 0 Å². The lowest BCUT2D eigenvalue weighted by Crippen LogP contribution is -2.49. The monoisotopic (exact) mass is 340 g/mol. The summed E-state index contributed by atoms with van der Waals surface area (Å²) >= 11 is 0. The summed E-state index contributed by atoms with van der Waals surface area (Å²) in [5, 5.41) is 2.80. The molecule has 128 valence electrons. The SMILES string of the molecule is CC(C)C[C@@H](NS(C)(=O)=O)C(=O)NC[C@H]1Cc2ccccc2O1. The van der Waals surface area contributed by atoms with E-state index in [4.69, 9.17) is 4.74 Å². The second-order valence-electron chi connectivity index (χ2n) is 6.37. The van der Waals surface area contributed by atoms with Crippen molar-refractivity contribution in [1.29, 1.82) is 0 Å².